The second-order valence-electron chi connectivity index (χ2n) is 10.8. The number of amides is 1. The fourth-order valence-electron chi connectivity index (χ4n) is 5.25. The predicted molar refractivity (Wildman–Crippen MR) is 195 cm³/mol. The molecule has 0 saturated heterocycles. The molecule has 4 heterocycles. The summed E-state index contributed by atoms with van der Waals surface area (Å²) in [5.74, 6) is -0.236. The Morgan fingerprint density at radius 2 is 1.89 bits per heavy atom. The van der Waals surface area contributed by atoms with E-state index in [0.29, 0.717) is 29.8 Å². The number of aromatic nitrogens is 2. The van der Waals surface area contributed by atoms with Gasteiger partial charge in [-0.15, -0.1) is 0 Å². The first-order valence-corrected chi connectivity index (χ1v) is 15.9. The van der Waals surface area contributed by atoms with Crippen LogP contribution >= 0.6 is 0 Å². The Labute approximate surface area is 279 Å². The average Bonchev–Trinajstić information content (AvgIpc) is 3.43. The first kappa shape index (κ1) is 40.4. The molecule has 0 fully saturated rings. The van der Waals surface area contributed by atoms with Crippen molar-refractivity contribution in [2.45, 2.75) is 86.7 Å². The van der Waals surface area contributed by atoms with Gasteiger partial charge in [-0.3, -0.25) is 15.3 Å². The Kier molecular flexibility index (Phi) is 16.4. The summed E-state index contributed by atoms with van der Waals surface area (Å²) in [4.78, 5) is 23.5. The zero-order valence-electron chi connectivity index (χ0n) is 29.7. The first-order chi connectivity index (χ1) is 22.3. The number of hydrazone groups is 1. The van der Waals surface area contributed by atoms with Crippen LogP contribution in [0.5, 0.6) is 0 Å². The van der Waals surface area contributed by atoms with Gasteiger partial charge in [0.1, 0.15) is 11.4 Å². The largest absolute Gasteiger partial charge is 0.464 e. The molecular weight excluding hydrogens is 595 g/mol. The van der Waals surface area contributed by atoms with E-state index in [1.54, 1.807) is 32.1 Å². The summed E-state index contributed by atoms with van der Waals surface area (Å²) in [6.45, 7) is 25.9. The number of aromatic amines is 1. The van der Waals surface area contributed by atoms with E-state index < -0.39 is 11.6 Å². The fraction of sp³-hybridized carbons (Fsp3) is 0.417. The number of H-pyrrole nitrogens is 1. The van der Waals surface area contributed by atoms with Crippen molar-refractivity contribution in [2.75, 3.05) is 13.6 Å². The van der Waals surface area contributed by atoms with E-state index >= 15 is 0 Å². The standard InChI is InChI=1S/C24H31N7O2.C7H8FN.C3H8.C2H6/c1-7-16(11-25)24(15(5)30-31(6)23(32)33)22-18(17(8-2)19(9-3)28-22)10-20(29-24)21-13-26-12-14(4)27-21;1-5-3-6(2)9-4-7(5)8;1-3-2;1-2/h7-9,11-12,20,25-26,28-29H,2-3,10,13H2,1,4-6H3,(H,32,33);3-4H,1-2H3;3H2,1-2H3;1-2H3/b16-7+,25-11?,30-15+;;;/t20-,24?;;;/m1.../s1. The smallest absolute Gasteiger partial charge is 0.427 e. The molecule has 11 heteroatoms. The molecule has 2 aliphatic rings. The maximum absolute atomic E-state index is 12.4. The summed E-state index contributed by atoms with van der Waals surface area (Å²) in [5, 5.41) is 29.8. The lowest BCUT2D eigenvalue weighted by Gasteiger charge is -2.44. The van der Waals surface area contributed by atoms with Gasteiger partial charge in [-0.05, 0) is 69.9 Å². The molecule has 2 aliphatic heterocycles. The molecule has 0 aromatic carbocycles. The van der Waals surface area contributed by atoms with E-state index in [1.807, 2.05) is 46.9 Å². The second-order valence-corrected chi connectivity index (χ2v) is 10.8. The molecule has 47 heavy (non-hydrogen) atoms. The van der Waals surface area contributed by atoms with E-state index in [1.165, 1.54) is 25.9 Å². The van der Waals surface area contributed by atoms with Crippen LogP contribution in [0.25, 0.3) is 12.2 Å². The van der Waals surface area contributed by atoms with Crippen molar-refractivity contribution in [1.82, 2.24) is 25.6 Å². The molecule has 0 radical (unpaired) electrons. The fourth-order valence-corrected chi connectivity index (χ4v) is 5.25. The minimum atomic E-state index is -1.18. The van der Waals surface area contributed by atoms with Gasteiger partial charge in [-0.25, -0.2) is 14.2 Å². The van der Waals surface area contributed by atoms with Gasteiger partial charge in [0.15, 0.2) is 0 Å². The highest BCUT2D eigenvalue weighted by Gasteiger charge is 2.48. The first-order valence-electron chi connectivity index (χ1n) is 15.9. The van der Waals surface area contributed by atoms with Crippen LogP contribution in [0.2, 0.25) is 0 Å². The van der Waals surface area contributed by atoms with Crippen LogP contribution in [0.3, 0.4) is 0 Å². The molecule has 0 bridgehead atoms. The quantitative estimate of drug-likeness (QED) is 0.154. The van der Waals surface area contributed by atoms with Crippen molar-refractivity contribution in [3.05, 3.63) is 88.6 Å². The van der Waals surface area contributed by atoms with Crippen LogP contribution in [0.4, 0.5) is 9.18 Å². The number of halogens is 1. The van der Waals surface area contributed by atoms with Gasteiger partial charge in [0.2, 0.25) is 0 Å². The molecule has 0 saturated carbocycles. The van der Waals surface area contributed by atoms with E-state index in [2.05, 4.69) is 52.7 Å². The molecule has 1 amide bonds. The van der Waals surface area contributed by atoms with E-state index in [0.717, 1.165) is 44.6 Å². The highest BCUT2D eigenvalue weighted by atomic mass is 19.1. The number of carboxylic acid groups (broad SMARTS) is 1. The Morgan fingerprint density at radius 3 is 2.36 bits per heavy atom. The number of carbonyl (C=O) groups is 1. The van der Waals surface area contributed by atoms with Gasteiger partial charge < -0.3 is 20.8 Å². The third kappa shape index (κ3) is 9.68. The summed E-state index contributed by atoms with van der Waals surface area (Å²) in [7, 11) is 1.38. The van der Waals surface area contributed by atoms with E-state index in [4.69, 9.17) is 10.4 Å². The molecule has 1 unspecified atom stereocenters. The number of aryl methyl sites for hydroxylation is 2. The van der Waals surface area contributed by atoms with Crippen molar-refractivity contribution in [3.63, 3.8) is 0 Å². The van der Waals surface area contributed by atoms with Crippen LogP contribution in [0.15, 0.2) is 59.1 Å². The summed E-state index contributed by atoms with van der Waals surface area (Å²) >= 11 is 0. The third-order valence-corrected chi connectivity index (χ3v) is 7.28. The van der Waals surface area contributed by atoms with Crippen molar-refractivity contribution in [1.29, 1.82) is 5.41 Å². The average molecular weight is 649 g/mol. The van der Waals surface area contributed by atoms with E-state index in [9.17, 15) is 14.3 Å². The highest BCUT2D eigenvalue weighted by Crippen LogP contribution is 2.41. The third-order valence-electron chi connectivity index (χ3n) is 7.28. The molecule has 2 aromatic rings. The minimum absolute atomic E-state index is 0.198. The molecule has 256 valence electrons. The monoisotopic (exact) mass is 648 g/mol. The van der Waals surface area contributed by atoms with Gasteiger partial charge in [-0.1, -0.05) is 59.4 Å². The van der Waals surface area contributed by atoms with Crippen molar-refractivity contribution in [3.8, 4) is 0 Å². The molecule has 10 nitrogen and oxygen atoms in total. The summed E-state index contributed by atoms with van der Waals surface area (Å²) in [6, 6.07) is 1.52. The summed E-state index contributed by atoms with van der Waals surface area (Å²) in [6.07, 6.45) is 10.4. The van der Waals surface area contributed by atoms with Gasteiger partial charge in [0.05, 0.1) is 41.6 Å². The summed E-state index contributed by atoms with van der Waals surface area (Å²) in [5.41, 5.74) is 6.83. The Balaban J connectivity index is 0.000000659. The number of rotatable bonds is 7. The van der Waals surface area contributed by atoms with Gasteiger partial charge in [0.25, 0.3) is 0 Å². The van der Waals surface area contributed by atoms with Gasteiger partial charge >= 0.3 is 6.09 Å². The number of hydrogen-bond donors (Lipinski definition) is 5. The van der Waals surface area contributed by atoms with E-state index in [-0.39, 0.29) is 11.9 Å². The lowest BCUT2D eigenvalue weighted by Crippen LogP contribution is -2.61. The highest BCUT2D eigenvalue weighted by molar-refractivity contribution is 6.05. The number of hydrogen-bond acceptors (Lipinski definition) is 7. The second kappa shape index (κ2) is 19.1. The minimum Gasteiger partial charge on any atom is -0.464 e. The van der Waals surface area contributed by atoms with Gasteiger partial charge in [0, 0.05) is 36.4 Å². The molecule has 4 rings (SSSR count). The maximum atomic E-state index is 12.4. The molecule has 5 N–H and O–H groups in total. The van der Waals surface area contributed by atoms with Gasteiger partial charge in [-0.2, -0.15) is 5.10 Å². The number of nitrogens with zero attached hydrogens (tertiary/aromatic N) is 4. The Bertz CT molecular complexity index is 1540. The van der Waals surface area contributed by atoms with Crippen molar-refractivity contribution >= 4 is 35.9 Å². The Hall–Kier alpha value is -4.64. The number of aliphatic imine (C=N–C) groups is 1. The maximum Gasteiger partial charge on any atom is 0.427 e. The lowest BCUT2D eigenvalue weighted by atomic mass is 9.74. The molecule has 0 aliphatic carbocycles. The molecule has 2 atom stereocenters. The lowest BCUT2D eigenvalue weighted by molar-refractivity contribution is 0.157. The zero-order valence-corrected chi connectivity index (χ0v) is 29.7. The summed E-state index contributed by atoms with van der Waals surface area (Å²) < 4.78 is 12.4. The zero-order chi connectivity index (χ0) is 35.9. The van der Waals surface area contributed by atoms with Crippen molar-refractivity contribution in [2.24, 2.45) is 10.1 Å². The van der Waals surface area contributed by atoms with Crippen LogP contribution < -0.4 is 10.6 Å². The van der Waals surface area contributed by atoms with Crippen LogP contribution in [-0.2, 0) is 12.0 Å². The van der Waals surface area contributed by atoms with Crippen molar-refractivity contribution < 1.29 is 14.3 Å². The van der Waals surface area contributed by atoms with Crippen LogP contribution in [-0.4, -0.2) is 63.4 Å². The molecular formula is C36H53FN8O2. The normalized spacial score (nSPS) is 18.5. The number of nitrogens with one attached hydrogen (secondary N) is 4. The number of fused-ring (bicyclic) bond motifs is 1. The Morgan fingerprint density at radius 1 is 1.26 bits per heavy atom. The topological polar surface area (TPSA) is 142 Å². The van der Waals surface area contributed by atoms with Crippen LogP contribution in [0.1, 0.15) is 88.7 Å². The number of allylic oxidation sites excluding steroid dienone is 2. The molecule has 2 aromatic heterocycles. The predicted octanol–water partition coefficient (Wildman–Crippen LogP) is 7.78. The molecule has 0 spiro atoms. The SMILES string of the molecule is C=Cc1[nH]c2c(c1C=C)C[C@H](C1=NC(C)=CNC1)NC2(/C(C=N)=C/C)/C(C)=N/N(C)C(=O)O.CC.CCC.Cc1cc(C)c(F)cn1. The number of pyridine rings is 1. The van der Waals surface area contributed by atoms with Crippen LogP contribution in [0, 0.1) is 25.1 Å².